The van der Waals surface area contributed by atoms with Gasteiger partial charge in [-0.3, -0.25) is 19.3 Å². The van der Waals surface area contributed by atoms with Gasteiger partial charge < -0.3 is 5.32 Å². The van der Waals surface area contributed by atoms with Crippen LogP contribution in [0.5, 0.6) is 0 Å². The Hall–Kier alpha value is -1.95. The lowest BCUT2D eigenvalue weighted by atomic mass is 9.85. The van der Waals surface area contributed by atoms with Gasteiger partial charge >= 0.3 is 0 Å². The summed E-state index contributed by atoms with van der Waals surface area (Å²) in [5.74, 6) is -0.905. The predicted octanol–water partition coefficient (Wildman–Crippen LogP) is 2.50. The smallest absolute Gasteiger partial charge is 0.244 e. The monoisotopic (exact) mass is 388 g/mol. The summed E-state index contributed by atoms with van der Waals surface area (Å²) >= 11 is 3.38. The molecule has 1 heterocycles. The lowest BCUT2D eigenvalue weighted by Crippen LogP contribution is -2.39. The molecule has 1 aromatic rings. The Kier molecular flexibility index (Phi) is 3.60. The summed E-state index contributed by atoms with van der Waals surface area (Å²) in [7, 11) is 0. The minimum Gasteiger partial charge on any atom is -0.324 e. The third kappa shape index (κ3) is 2.32. The van der Waals surface area contributed by atoms with Gasteiger partial charge in [0.25, 0.3) is 0 Å². The molecular weight excluding hydrogens is 372 g/mol. The van der Waals surface area contributed by atoms with E-state index in [1.165, 1.54) is 0 Å². The van der Waals surface area contributed by atoms with Crippen LogP contribution in [0.25, 0.3) is 0 Å². The maximum atomic E-state index is 12.6. The number of aryl methyl sites for hydroxylation is 1. The van der Waals surface area contributed by atoms with Crippen LogP contribution in [-0.2, 0) is 14.4 Å². The topological polar surface area (TPSA) is 66.5 Å². The molecule has 1 saturated heterocycles. The lowest BCUT2D eigenvalue weighted by molar-refractivity contribution is -0.143. The molecule has 1 saturated carbocycles. The molecule has 1 aliphatic heterocycles. The van der Waals surface area contributed by atoms with E-state index in [0.717, 1.165) is 21.4 Å². The number of benzene rings is 1. The van der Waals surface area contributed by atoms with E-state index in [1.54, 1.807) is 6.07 Å². The second kappa shape index (κ2) is 5.55. The highest BCUT2D eigenvalue weighted by Crippen LogP contribution is 2.52. The van der Waals surface area contributed by atoms with E-state index in [4.69, 9.17) is 0 Å². The summed E-state index contributed by atoms with van der Waals surface area (Å²) in [6, 6.07) is 5.53. The number of likely N-dealkylation sites (tertiary alicyclic amines) is 1. The van der Waals surface area contributed by atoms with Crippen LogP contribution in [0.1, 0.15) is 12.0 Å². The van der Waals surface area contributed by atoms with Crippen LogP contribution >= 0.6 is 15.9 Å². The number of hydrogen-bond donors (Lipinski definition) is 1. The fraction of sp³-hybridized carbons (Fsp3) is 0.389. The molecule has 4 rings (SSSR count). The maximum Gasteiger partial charge on any atom is 0.244 e. The van der Waals surface area contributed by atoms with E-state index in [-0.39, 0.29) is 47.9 Å². The molecule has 0 spiro atoms. The van der Waals surface area contributed by atoms with Gasteiger partial charge in [0, 0.05) is 10.2 Å². The van der Waals surface area contributed by atoms with Gasteiger partial charge in [0.2, 0.25) is 17.7 Å². The number of nitrogens with zero attached hydrogens (tertiary/aromatic N) is 1. The highest BCUT2D eigenvalue weighted by atomic mass is 79.9. The molecule has 0 radical (unpaired) electrons. The Morgan fingerprint density at radius 1 is 1.21 bits per heavy atom. The third-order valence-electron chi connectivity index (χ3n) is 5.33. The largest absolute Gasteiger partial charge is 0.324 e. The average Bonchev–Trinajstić information content (AvgIpc) is 3.20. The van der Waals surface area contributed by atoms with Crippen molar-refractivity contribution in [2.75, 3.05) is 11.9 Å². The predicted molar refractivity (Wildman–Crippen MR) is 91.9 cm³/mol. The van der Waals surface area contributed by atoms with Gasteiger partial charge in [-0.2, -0.15) is 0 Å². The number of imide groups is 1. The molecule has 5 nitrogen and oxygen atoms in total. The molecule has 0 aromatic heterocycles. The number of hydrogen-bond acceptors (Lipinski definition) is 3. The molecule has 24 heavy (non-hydrogen) atoms. The van der Waals surface area contributed by atoms with Gasteiger partial charge in [-0.05, 0) is 48.9 Å². The van der Waals surface area contributed by atoms with E-state index < -0.39 is 0 Å². The van der Waals surface area contributed by atoms with Gasteiger partial charge in [-0.1, -0.05) is 28.1 Å². The van der Waals surface area contributed by atoms with Gasteiger partial charge in [-0.25, -0.2) is 0 Å². The van der Waals surface area contributed by atoms with E-state index >= 15 is 0 Å². The molecule has 2 bridgehead atoms. The van der Waals surface area contributed by atoms with Crippen LogP contribution in [0.3, 0.4) is 0 Å². The van der Waals surface area contributed by atoms with Gasteiger partial charge in [0.15, 0.2) is 0 Å². The van der Waals surface area contributed by atoms with Gasteiger partial charge in [0.1, 0.15) is 6.54 Å². The zero-order chi connectivity index (χ0) is 17.0. The summed E-state index contributed by atoms with van der Waals surface area (Å²) in [5, 5.41) is 2.79. The number of carbonyl (C=O) groups is 3. The summed E-state index contributed by atoms with van der Waals surface area (Å²) < 4.78 is 0.929. The maximum absolute atomic E-state index is 12.6. The number of rotatable bonds is 3. The molecule has 4 atom stereocenters. The molecule has 124 valence electrons. The molecule has 2 aliphatic carbocycles. The second-order valence-corrected chi connectivity index (χ2v) is 7.69. The summed E-state index contributed by atoms with van der Waals surface area (Å²) in [5.41, 5.74) is 1.60. The van der Waals surface area contributed by atoms with Crippen molar-refractivity contribution in [2.24, 2.45) is 23.7 Å². The summed E-state index contributed by atoms with van der Waals surface area (Å²) in [6.45, 7) is 1.68. The lowest BCUT2D eigenvalue weighted by Gasteiger charge is -2.17. The minimum absolute atomic E-state index is 0.165. The van der Waals surface area contributed by atoms with Crippen LogP contribution in [0.15, 0.2) is 34.8 Å². The normalized spacial score (nSPS) is 30.2. The molecule has 6 heteroatoms. The van der Waals surface area contributed by atoms with Crippen molar-refractivity contribution in [2.45, 2.75) is 13.3 Å². The first-order valence-corrected chi connectivity index (χ1v) is 8.84. The highest BCUT2D eigenvalue weighted by Gasteiger charge is 2.59. The third-order valence-corrected chi connectivity index (χ3v) is 5.82. The Labute approximate surface area is 148 Å². The molecular formula is C18H17BrN2O3. The van der Waals surface area contributed by atoms with Crippen LogP contribution < -0.4 is 5.32 Å². The number of carbonyl (C=O) groups excluding carboxylic acids is 3. The molecule has 3 amide bonds. The Bertz CT molecular complexity index is 758. The molecule has 0 unspecified atom stereocenters. The van der Waals surface area contributed by atoms with Crippen LogP contribution in [0, 0.1) is 30.6 Å². The summed E-state index contributed by atoms with van der Waals surface area (Å²) in [6.07, 6.45) is 4.99. The van der Waals surface area contributed by atoms with Crippen LogP contribution in [0.2, 0.25) is 0 Å². The number of anilines is 1. The fourth-order valence-electron chi connectivity index (χ4n) is 4.22. The Morgan fingerprint density at radius 3 is 2.42 bits per heavy atom. The van der Waals surface area contributed by atoms with Crippen molar-refractivity contribution in [3.8, 4) is 0 Å². The standard InChI is InChI=1S/C18H17BrN2O3/c1-9-6-12(19)4-5-13(9)20-14(22)8-21-17(23)15-10-2-3-11(7-10)16(15)18(21)24/h2-6,10-11,15-16H,7-8H2,1H3,(H,20,22)/t10-,11-,15+,16+/m0/s1. The SMILES string of the molecule is Cc1cc(Br)ccc1NC(=O)CN1C(=O)[C@H]2[C@H](C1=O)[C@H]1C=C[C@H]2C1. The number of fused-ring (bicyclic) bond motifs is 5. The highest BCUT2D eigenvalue weighted by molar-refractivity contribution is 9.10. The van der Waals surface area contributed by atoms with Crippen LogP contribution in [-0.4, -0.2) is 29.2 Å². The van der Waals surface area contributed by atoms with Crippen LogP contribution in [0.4, 0.5) is 5.69 Å². The zero-order valence-corrected chi connectivity index (χ0v) is 14.7. The van der Waals surface area contributed by atoms with Crippen molar-refractivity contribution in [3.63, 3.8) is 0 Å². The van der Waals surface area contributed by atoms with E-state index in [2.05, 4.69) is 21.2 Å². The van der Waals surface area contributed by atoms with Crippen molar-refractivity contribution < 1.29 is 14.4 Å². The van der Waals surface area contributed by atoms with Gasteiger partial charge in [0.05, 0.1) is 11.8 Å². The molecule has 1 aromatic carbocycles. The van der Waals surface area contributed by atoms with E-state index in [1.807, 2.05) is 31.2 Å². The Balaban J connectivity index is 1.47. The van der Waals surface area contributed by atoms with Crippen molar-refractivity contribution in [1.82, 2.24) is 4.90 Å². The zero-order valence-electron chi connectivity index (χ0n) is 13.2. The summed E-state index contributed by atoms with van der Waals surface area (Å²) in [4.78, 5) is 38.6. The molecule has 2 fully saturated rings. The fourth-order valence-corrected chi connectivity index (χ4v) is 4.70. The van der Waals surface area contributed by atoms with E-state index in [0.29, 0.717) is 5.69 Å². The molecule has 3 aliphatic rings. The first-order chi connectivity index (χ1) is 11.5. The van der Waals surface area contributed by atoms with Crippen molar-refractivity contribution >= 4 is 39.3 Å². The number of halogens is 1. The van der Waals surface area contributed by atoms with Gasteiger partial charge in [-0.15, -0.1) is 0 Å². The Morgan fingerprint density at radius 2 is 1.83 bits per heavy atom. The number of allylic oxidation sites excluding steroid dienone is 2. The average molecular weight is 389 g/mol. The van der Waals surface area contributed by atoms with Crippen molar-refractivity contribution in [1.29, 1.82) is 0 Å². The first-order valence-electron chi connectivity index (χ1n) is 8.05. The van der Waals surface area contributed by atoms with Crippen molar-refractivity contribution in [3.05, 3.63) is 40.4 Å². The molecule has 1 N–H and O–H groups in total. The minimum atomic E-state index is -0.345. The number of nitrogens with one attached hydrogen (secondary N) is 1. The van der Waals surface area contributed by atoms with E-state index in [9.17, 15) is 14.4 Å². The number of amides is 3. The first kappa shape index (κ1) is 15.6. The quantitative estimate of drug-likeness (QED) is 0.638. The second-order valence-electron chi connectivity index (χ2n) is 6.77.